The molecule has 0 bridgehead atoms. The average Bonchev–Trinajstić information content (AvgIpc) is 2.19. The molecule has 0 aromatic heterocycles. The predicted octanol–water partition coefficient (Wildman–Crippen LogP) is 2.04. The van der Waals surface area contributed by atoms with Crippen molar-refractivity contribution in [1.82, 2.24) is 9.80 Å². The molecule has 13 heavy (non-hydrogen) atoms. The van der Waals surface area contributed by atoms with Crippen LogP contribution in [0.15, 0.2) is 12.3 Å². The molecule has 1 aliphatic heterocycles. The largest absolute Gasteiger partial charge is 0.368 e. The monoisotopic (exact) mass is 180 g/mol. The Bertz CT molecular complexity index is 183. The molecule has 2 rings (SSSR count). The van der Waals surface area contributed by atoms with Gasteiger partial charge < -0.3 is 4.90 Å². The zero-order chi connectivity index (χ0) is 9.10. The van der Waals surface area contributed by atoms with Gasteiger partial charge in [0.05, 0.1) is 6.67 Å². The summed E-state index contributed by atoms with van der Waals surface area (Å²) in [7, 11) is 2.16. The van der Waals surface area contributed by atoms with Gasteiger partial charge in [0.15, 0.2) is 0 Å². The molecule has 0 aromatic carbocycles. The van der Waals surface area contributed by atoms with E-state index in [1.807, 2.05) is 0 Å². The normalized spacial score (nSPS) is 26.7. The highest BCUT2D eigenvalue weighted by molar-refractivity contribution is 4.91. The highest BCUT2D eigenvalue weighted by atomic mass is 15.3. The van der Waals surface area contributed by atoms with Crippen LogP contribution in [0, 0.1) is 0 Å². The van der Waals surface area contributed by atoms with E-state index < -0.39 is 0 Å². The molecular formula is C11H20N2. The summed E-state index contributed by atoms with van der Waals surface area (Å²) in [5, 5.41) is 0. The van der Waals surface area contributed by atoms with E-state index in [1.165, 1.54) is 32.1 Å². The molecule has 2 heteroatoms. The van der Waals surface area contributed by atoms with Crippen LogP contribution in [0.3, 0.4) is 0 Å². The zero-order valence-corrected chi connectivity index (χ0v) is 8.58. The van der Waals surface area contributed by atoms with E-state index in [4.69, 9.17) is 0 Å². The smallest absolute Gasteiger partial charge is 0.0703 e. The van der Waals surface area contributed by atoms with Crippen LogP contribution in [0.25, 0.3) is 0 Å². The van der Waals surface area contributed by atoms with Crippen molar-refractivity contribution in [3.8, 4) is 0 Å². The van der Waals surface area contributed by atoms with Gasteiger partial charge in [0.2, 0.25) is 0 Å². The van der Waals surface area contributed by atoms with Crippen LogP contribution in [0.1, 0.15) is 32.1 Å². The minimum absolute atomic E-state index is 0.862. The Morgan fingerprint density at radius 2 is 1.92 bits per heavy atom. The Labute approximate surface area is 81.2 Å². The van der Waals surface area contributed by atoms with Gasteiger partial charge in [-0.2, -0.15) is 0 Å². The molecule has 2 aliphatic rings. The van der Waals surface area contributed by atoms with Gasteiger partial charge in [-0.3, -0.25) is 4.90 Å². The van der Waals surface area contributed by atoms with Crippen molar-refractivity contribution in [3.05, 3.63) is 12.3 Å². The highest BCUT2D eigenvalue weighted by Crippen LogP contribution is 2.23. The van der Waals surface area contributed by atoms with E-state index in [2.05, 4.69) is 29.1 Å². The first kappa shape index (κ1) is 9.07. The van der Waals surface area contributed by atoms with Crippen LogP contribution >= 0.6 is 0 Å². The molecule has 0 atom stereocenters. The van der Waals surface area contributed by atoms with Crippen molar-refractivity contribution in [3.63, 3.8) is 0 Å². The van der Waals surface area contributed by atoms with Crippen LogP contribution < -0.4 is 0 Å². The van der Waals surface area contributed by atoms with Gasteiger partial charge in [-0.05, 0) is 19.0 Å². The van der Waals surface area contributed by atoms with Gasteiger partial charge in [0.25, 0.3) is 0 Å². The zero-order valence-electron chi connectivity index (χ0n) is 8.58. The molecule has 0 aromatic rings. The van der Waals surface area contributed by atoms with Gasteiger partial charge in [-0.1, -0.05) is 25.3 Å². The topological polar surface area (TPSA) is 6.48 Å². The van der Waals surface area contributed by atoms with E-state index in [-0.39, 0.29) is 0 Å². The maximum Gasteiger partial charge on any atom is 0.0703 e. The maximum absolute atomic E-state index is 2.61. The summed E-state index contributed by atoms with van der Waals surface area (Å²) in [6, 6.07) is 0.862. The van der Waals surface area contributed by atoms with E-state index >= 15 is 0 Å². The van der Waals surface area contributed by atoms with E-state index in [0.717, 1.165) is 19.3 Å². The van der Waals surface area contributed by atoms with Gasteiger partial charge in [-0.15, -0.1) is 0 Å². The van der Waals surface area contributed by atoms with Crippen LogP contribution in [-0.4, -0.2) is 36.1 Å². The molecule has 1 saturated carbocycles. The number of rotatable bonds is 1. The molecule has 0 radical (unpaired) electrons. The summed E-state index contributed by atoms with van der Waals surface area (Å²) >= 11 is 0. The first-order valence-corrected chi connectivity index (χ1v) is 5.47. The van der Waals surface area contributed by atoms with Crippen molar-refractivity contribution >= 4 is 0 Å². The fourth-order valence-corrected chi connectivity index (χ4v) is 2.46. The molecule has 1 aliphatic carbocycles. The Balaban J connectivity index is 1.88. The van der Waals surface area contributed by atoms with Crippen LogP contribution in [0.2, 0.25) is 0 Å². The fourth-order valence-electron chi connectivity index (χ4n) is 2.46. The van der Waals surface area contributed by atoms with Crippen molar-refractivity contribution in [2.75, 3.05) is 20.3 Å². The Morgan fingerprint density at radius 3 is 2.62 bits per heavy atom. The summed E-state index contributed by atoms with van der Waals surface area (Å²) in [5.41, 5.74) is 0. The van der Waals surface area contributed by atoms with Crippen LogP contribution in [-0.2, 0) is 0 Å². The third kappa shape index (κ3) is 2.25. The summed E-state index contributed by atoms with van der Waals surface area (Å²) in [6.45, 7) is 2.29. The second-order valence-electron chi connectivity index (χ2n) is 4.35. The van der Waals surface area contributed by atoms with Crippen molar-refractivity contribution in [1.29, 1.82) is 0 Å². The third-order valence-electron chi connectivity index (χ3n) is 3.20. The number of hydrogen-bond donors (Lipinski definition) is 0. The first-order chi connectivity index (χ1) is 6.36. The van der Waals surface area contributed by atoms with E-state index in [1.54, 1.807) is 0 Å². The molecule has 0 unspecified atom stereocenters. The quantitative estimate of drug-likeness (QED) is 0.609. The lowest BCUT2D eigenvalue weighted by molar-refractivity contribution is 0.111. The molecular weight excluding hydrogens is 160 g/mol. The first-order valence-electron chi connectivity index (χ1n) is 5.47. The summed E-state index contributed by atoms with van der Waals surface area (Å²) in [6.07, 6.45) is 11.6. The van der Waals surface area contributed by atoms with E-state index in [9.17, 15) is 0 Å². The fraction of sp³-hybridized carbons (Fsp3) is 0.818. The standard InChI is InChI=1S/C11H20N2/c1-12-8-5-9-13(10-12)11-6-3-2-4-7-11/h5,8,11H,2-4,6-7,9-10H2,1H3. The molecule has 0 amide bonds. The van der Waals surface area contributed by atoms with Crippen LogP contribution in [0.4, 0.5) is 0 Å². The molecule has 2 nitrogen and oxygen atoms in total. The molecule has 0 spiro atoms. The van der Waals surface area contributed by atoms with Crippen molar-refractivity contribution in [2.24, 2.45) is 0 Å². The Hall–Kier alpha value is -0.500. The molecule has 0 saturated heterocycles. The van der Waals surface area contributed by atoms with Gasteiger partial charge in [-0.25, -0.2) is 0 Å². The number of hydrogen-bond acceptors (Lipinski definition) is 2. The second-order valence-corrected chi connectivity index (χ2v) is 4.35. The second kappa shape index (κ2) is 4.14. The van der Waals surface area contributed by atoms with Crippen LogP contribution in [0.5, 0.6) is 0 Å². The Morgan fingerprint density at radius 1 is 1.15 bits per heavy atom. The third-order valence-corrected chi connectivity index (χ3v) is 3.20. The summed E-state index contributed by atoms with van der Waals surface area (Å²) < 4.78 is 0. The molecule has 1 heterocycles. The minimum atomic E-state index is 0.862. The Kier molecular flexibility index (Phi) is 2.89. The summed E-state index contributed by atoms with van der Waals surface area (Å²) in [5.74, 6) is 0. The molecule has 0 N–H and O–H groups in total. The SMILES string of the molecule is CN1C=CCN(C2CCCCC2)C1. The van der Waals surface area contributed by atoms with E-state index in [0.29, 0.717) is 0 Å². The lowest BCUT2D eigenvalue weighted by atomic mass is 9.94. The lowest BCUT2D eigenvalue weighted by Crippen LogP contribution is -2.44. The van der Waals surface area contributed by atoms with Crippen molar-refractivity contribution < 1.29 is 0 Å². The van der Waals surface area contributed by atoms with Crippen molar-refractivity contribution in [2.45, 2.75) is 38.1 Å². The van der Waals surface area contributed by atoms with Gasteiger partial charge in [0.1, 0.15) is 0 Å². The molecule has 74 valence electrons. The number of nitrogens with zero attached hydrogens (tertiary/aromatic N) is 2. The van der Waals surface area contributed by atoms with Gasteiger partial charge in [0, 0.05) is 19.6 Å². The maximum atomic E-state index is 2.61. The highest BCUT2D eigenvalue weighted by Gasteiger charge is 2.21. The lowest BCUT2D eigenvalue weighted by Gasteiger charge is -2.38. The minimum Gasteiger partial charge on any atom is -0.368 e. The average molecular weight is 180 g/mol. The predicted molar refractivity (Wildman–Crippen MR) is 55.3 cm³/mol. The molecule has 1 fully saturated rings. The summed E-state index contributed by atoms with van der Waals surface area (Å²) in [4.78, 5) is 4.89. The van der Waals surface area contributed by atoms with Gasteiger partial charge >= 0.3 is 0 Å².